The standard InChI is InChI=1S/C13H11BrN2O3/c1-8-3-4-12(10(14)5-8)19-13-11(16(17)18)6-9(2)7-15-13/h3-7H,1-2H3. The van der Waals surface area contributed by atoms with Crippen LogP contribution in [-0.4, -0.2) is 9.91 Å². The molecule has 0 fully saturated rings. The molecule has 0 amide bonds. The van der Waals surface area contributed by atoms with Crippen molar-refractivity contribution in [3.05, 3.63) is 56.2 Å². The number of benzene rings is 1. The molecule has 1 aromatic carbocycles. The molecule has 0 radical (unpaired) electrons. The van der Waals surface area contributed by atoms with Gasteiger partial charge in [0.2, 0.25) is 0 Å². The SMILES string of the molecule is Cc1ccc(Oc2ncc(C)cc2[N+](=O)[O-])c(Br)c1. The fourth-order valence-corrected chi connectivity index (χ4v) is 2.12. The highest BCUT2D eigenvalue weighted by Crippen LogP contribution is 2.34. The molecule has 0 saturated carbocycles. The zero-order valence-electron chi connectivity index (χ0n) is 10.4. The number of pyridine rings is 1. The Balaban J connectivity index is 2.40. The van der Waals surface area contributed by atoms with E-state index >= 15 is 0 Å². The summed E-state index contributed by atoms with van der Waals surface area (Å²) in [5.74, 6) is 0.477. The summed E-state index contributed by atoms with van der Waals surface area (Å²) in [7, 11) is 0. The van der Waals surface area contributed by atoms with Crippen LogP contribution in [0.25, 0.3) is 0 Å². The van der Waals surface area contributed by atoms with Crippen LogP contribution >= 0.6 is 15.9 Å². The van der Waals surface area contributed by atoms with Crippen molar-refractivity contribution < 1.29 is 9.66 Å². The topological polar surface area (TPSA) is 65.3 Å². The van der Waals surface area contributed by atoms with Crippen LogP contribution in [0.5, 0.6) is 11.6 Å². The van der Waals surface area contributed by atoms with Crippen LogP contribution < -0.4 is 4.74 Å². The van der Waals surface area contributed by atoms with E-state index in [-0.39, 0.29) is 11.6 Å². The Morgan fingerprint density at radius 2 is 2.00 bits per heavy atom. The Hall–Kier alpha value is -1.95. The van der Waals surface area contributed by atoms with Crippen LogP contribution in [0.2, 0.25) is 0 Å². The third-order valence-electron chi connectivity index (χ3n) is 2.46. The number of ether oxygens (including phenoxy) is 1. The summed E-state index contributed by atoms with van der Waals surface area (Å²) in [4.78, 5) is 14.4. The van der Waals surface area contributed by atoms with Crippen LogP contribution in [0.3, 0.4) is 0 Å². The second-order valence-corrected chi connectivity index (χ2v) is 4.98. The minimum atomic E-state index is -0.503. The molecule has 0 atom stereocenters. The Labute approximate surface area is 118 Å². The number of hydrogen-bond acceptors (Lipinski definition) is 4. The molecule has 98 valence electrons. The summed E-state index contributed by atoms with van der Waals surface area (Å²) in [5, 5.41) is 11.0. The molecule has 1 aromatic heterocycles. The fourth-order valence-electron chi connectivity index (χ4n) is 1.54. The average molecular weight is 323 g/mol. The second kappa shape index (κ2) is 5.36. The normalized spacial score (nSPS) is 10.3. The fraction of sp³-hybridized carbons (Fsp3) is 0.154. The zero-order chi connectivity index (χ0) is 14.0. The van der Waals surface area contributed by atoms with E-state index in [2.05, 4.69) is 20.9 Å². The van der Waals surface area contributed by atoms with Crippen molar-refractivity contribution in [1.29, 1.82) is 0 Å². The van der Waals surface area contributed by atoms with Gasteiger partial charge in [0.25, 0.3) is 5.88 Å². The van der Waals surface area contributed by atoms with Gasteiger partial charge in [0.1, 0.15) is 5.75 Å². The van der Waals surface area contributed by atoms with E-state index in [4.69, 9.17) is 4.74 Å². The molecular weight excluding hydrogens is 312 g/mol. The quantitative estimate of drug-likeness (QED) is 0.628. The van der Waals surface area contributed by atoms with Crippen molar-refractivity contribution >= 4 is 21.6 Å². The van der Waals surface area contributed by atoms with E-state index in [1.165, 1.54) is 12.3 Å². The predicted molar refractivity (Wildman–Crippen MR) is 74.6 cm³/mol. The average Bonchev–Trinajstić information content (AvgIpc) is 2.34. The number of aromatic nitrogens is 1. The van der Waals surface area contributed by atoms with Crippen molar-refractivity contribution in [3.63, 3.8) is 0 Å². The van der Waals surface area contributed by atoms with E-state index in [0.29, 0.717) is 11.3 Å². The number of aryl methyl sites for hydroxylation is 2. The van der Waals surface area contributed by atoms with Crippen LogP contribution in [0.15, 0.2) is 34.9 Å². The van der Waals surface area contributed by atoms with Gasteiger partial charge >= 0.3 is 5.69 Å². The summed E-state index contributed by atoms with van der Waals surface area (Å²) in [5.41, 5.74) is 1.63. The van der Waals surface area contributed by atoms with Gasteiger partial charge < -0.3 is 4.74 Å². The molecule has 2 aromatic rings. The van der Waals surface area contributed by atoms with Crippen LogP contribution in [-0.2, 0) is 0 Å². The highest BCUT2D eigenvalue weighted by Gasteiger charge is 2.18. The molecule has 5 nitrogen and oxygen atoms in total. The predicted octanol–water partition coefficient (Wildman–Crippen LogP) is 4.16. The van der Waals surface area contributed by atoms with Crippen LogP contribution in [0.4, 0.5) is 5.69 Å². The van der Waals surface area contributed by atoms with E-state index in [1.807, 2.05) is 19.1 Å². The lowest BCUT2D eigenvalue weighted by atomic mass is 10.2. The number of nitrogens with zero attached hydrogens (tertiary/aromatic N) is 2. The highest BCUT2D eigenvalue weighted by atomic mass is 79.9. The Kier molecular flexibility index (Phi) is 3.80. The third-order valence-corrected chi connectivity index (χ3v) is 3.08. The largest absolute Gasteiger partial charge is 0.432 e. The molecule has 0 spiro atoms. The maximum absolute atomic E-state index is 11.0. The Bertz CT molecular complexity index is 644. The molecule has 6 heteroatoms. The van der Waals surface area contributed by atoms with Crippen molar-refractivity contribution in [1.82, 2.24) is 4.98 Å². The molecule has 0 saturated heterocycles. The first-order valence-corrected chi connectivity index (χ1v) is 6.31. The Morgan fingerprint density at radius 1 is 1.26 bits per heavy atom. The lowest BCUT2D eigenvalue weighted by molar-refractivity contribution is -0.386. The Morgan fingerprint density at radius 3 is 2.63 bits per heavy atom. The van der Waals surface area contributed by atoms with E-state index < -0.39 is 4.92 Å². The summed E-state index contributed by atoms with van der Waals surface area (Å²) < 4.78 is 6.24. The van der Waals surface area contributed by atoms with Crippen LogP contribution in [0, 0.1) is 24.0 Å². The first-order chi connectivity index (χ1) is 8.97. The molecule has 0 N–H and O–H groups in total. The first-order valence-electron chi connectivity index (χ1n) is 5.52. The van der Waals surface area contributed by atoms with Crippen molar-refractivity contribution in [2.45, 2.75) is 13.8 Å². The van der Waals surface area contributed by atoms with Gasteiger partial charge in [-0.05, 0) is 53.0 Å². The molecule has 0 aliphatic carbocycles. The van der Waals surface area contributed by atoms with E-state index in [0.717, 1.165) is 10.0 Å². The summed E-state index contributed by atoms with van der Waals surface area (Å²) in [6.45, 7) is 3.69. The monoisotopic (exact) mass is 322 g/mol. The number of hydrogen-bond donors (Lipinski definition) is 0. The van der Waals surface area contributed by atoms with Gasteiger partial charge in [-0.25, -0.2) is 4.98 Å². The molecule has 0 bridgehead atoms. The zero-order valence-corrected chi connectivity index (χ0v) is 12.0. The van der Waals surface area contributed by atoms with Crippen molar-refractivity contribution in [2.75, 3.05) is 0 Å². The van der Waals surface area contributed by atoms with Gasteiger partial charge in [-0.2, -0.15) is 0 Å². The van der Waals surface area contributed by atoms with Gasteiger partial charge in [0, 0.05) is 12.3 Å². The van der Waals surface area contributed by atoms with Crippen molar-refractivity contribution in [2.24, 2.45) is 0 Å². The minimum Gasteiger partial charge on any atom is -0.432 e. The molecule has 0 aliphatic heterocycles. The van der Waals surface area contributed by atoms with Gasteiger partial charge in [-0.15, -0.1) is 0 Å². The summed E-state index contributed by atoms with van der Waals surface area (Å²) >= 11 is 3.36. The second-order valence-electron chi connectivity index (χ2n) is 4.13. The van der Waals surface area contributed by atoms with Gasteiger partial charge in [-0.1, -0.05) is 6.07 Å². The molecule has 1 heterocycles. The molecule has 0 unspecified atom stereocenters. The minimum absolute atomic E-state index is 0.0137. The van der Waals surface area contributed by atoms with E-state index in [9.17, 15) is 10.1 Å². The molecular formula is C13H11BrN2O3. The lowest BCUT2D eigenvalue weighted by Crippen LogP contribution is -1.97. The first kappa shape index (κ1) is 13.5. The lowest BCUT2D eigenvalue weighted by Gasteiger charge is -2.08. The molecule has 19 heavy (non-hydrogen) atoms. The van der Waals surface area contributed by atoms with Crippen LogP contribution in [0.1, 0.15) is 11.1 Å². The smallest absolute Gasteiger partial charge is 0.331 e. The van der Waals surface area contributed by atoms with Crippen molar-refractivity contribution in [3.8, 4) is 11.6 Å². The third kappa shape index (κ3) is 3.08. The number of nitro groups is 1. The van der Waals surface area contributed by atoms with Gasteiger partial charge in [0.05, 0.1) is 9.40 Å². The van der Waals surface area contributed by atoms with E-state index in [1.54, 1.807) is 13.0 Å². The maximum atomic E-state index is 11.0. The molecule has 0 aliphatic rings. The summed E-state index contributed by atoms with van der Waals surface area (Å²) in [6, 6.07) is 6.91. The molecule has 2 rings (SSSR count). The van der Waals surface area contributed by atoms with Gasteiger partial charge in [-0.3, -0.25) is 10.1 Å². The number of halogens is 1. The number of rotatable bonds is 3. The highest BCUT2D eigenvalue weighted by molar-refractivity contribution is 9.10. The maximum Gasteiger partial charge on any atom is 0.331 e. The summed E-state index contributed by atoms with van der Waals surface area (Å²) in [6.07, 6.45) is 1.53. The van der Waals surface area contributed by atoms with Gasteiger partial charge in [0.15, 0.2) is 0 Å².